The van der Waals surface area contributed by atoms with Crippen molar-refractivity contribution in [2.24, 2.45) is 11.8 Å². The summed E-state index contributed by atoms with van der Waals surface area (Å²) in [5, 5.41) is 11.8. The summed E-state index contributed by atoms with van der Waals surface area (Å²) >= 11 is 6.24. The summed E-state index contributed by atoms with van der Waals surface area (Å²) in [4.78, 5) is 74.3. The molecule has 4 saturated heterocycles. The third-order valence-corrected chi connectivity index (χ3v) is 12.4. The zero-order valence-corrected chi connectivity index (χ0v) is 32.7. The number of hydrogen-bond donors (Lipinski definition) is 1. The lowest BCUT2D eigenvalue weighted by Gasteiger charge is -2.40. The number of imide groups is 2. The van der Waals surface area contributed by atoms with E-state index in [2.05, 4.69) is 33.0 Å². The van der Waals surface area contributed by atoms with Crippen LogP contribution in [0.1, 0.15) is 82.1 Å². The first-order chi connectivity index (χ1) is 27.6. The van der Waals surface area contributed by atoms with Crippen molar-refractivity contribution in [2.75, 3.05) is 62.2 Å². The molecule has 3 atom stereocenters. The molecule has 5 aliphatic rings. The number of halogens is 1. The van der Waals surface area contributed by atoms with Gasteiger partial charge in [0.15, 0.2) is 6.23 Å². The van der Waals surface area contributed by atoms with Gasteiger partial charge in [0.2, 0.25) is 11.8 Å². The maximum atomic E-state index is 13.8. The molecule has 0 aliphatic carbocycles. The minimum Gasteiger partial charge on any atom is -0.470 e. The van der Waals surface area contributed by atoms with Crippen molar-refractivity contribution >= 4 is 52.5 Å². The molecule has 3 unspecified atom stereocenters. The molecule has 0 radical (unpaired) electrons. The number of nitrogens with one attached hydrogen (secondary N) is 1. The number of carbonyl (C=O) groups excluding carboxylic acids is 5. The van der Waals surface area contributed by atoms with Gasteiger partial charge in [-0.3, -0.25) is 39.1 Å². The molecule has 0 bridgehead atoms. The molecule has 3 aromatic carbocycles. The number of rotatable bonds is 8. The van der Waals surface area contributed by atoms with Crippen LogP contribution in [0.15, 0.2) is 60.7 Å². The van der Waals surface area contributed by atoms with Crippen LogP contribution in [0.3, 0.4) is 0 Å². The van der Waals surface area contributed by atoms with Gasteiger partial charge in [-0.25, -0.2) is 0 Å². The summed E-state index contributed by atoms with van der Waals surface area (Å²) in [6.07, 6.45) is 3.50. The average molecular weight is 792 g/mol. The summed E-state index contributed by atoms with van der Waals surface area (Å²) in [6.45, 7) is 9.17. The van der Waals surface area contributed by atoms with Crippen molar-refractivity contribution in [3.05, 3.63) is 87.9 Å². The maximum absolute atomic E-state index is 13.8. The van der Waals surface area contributed by atoms with Crippen molar-refractivity contribution in [3.63, 3.8) is 0 Å². The normalized spacial score (nSPS) is 23.4. The van der Waals surface area contributed by atoms with E-state index in [0.717, 1.165) is 81.4 Å². The highest BCUT2D eigenvalue weighted by Gasteiger charge is 2.45. The van der Waals surface area contributed by atoms with E-state index in [1.54, 1.807) is 30.3 Å². The van der Waals surface area contributed by atoms with Crippen molar-refractivity contribution in [1.29, 1.82) is 5.26 Å². The van der Waals surface area contributed by atoms with Crippen molar-refractivity contribution in [2.45, 2.75) is 57.7 Å². The predicted octanol–water partition coefficient (Wildman–Crippen LogP) is 4.93. The Morgan fingerprint density at radius 3 is 2.23 bits per heavy atom. The minimum absolute atomic E-state index is 0.0649. The Morgan fingerprint density at radius 2 is 1.53 bits per heavy atom. The van der Waals surface area contributed by atoms with Crippen LogP contribution in [0.5, 0.6) is 5.75 Å². The highest BCUT2D eigenvalue weighted by Crippen LogP contribution is 2.33. The highest BCUT2D eigenvalue weighted by atomic mass is 35.5. The Balaban J connectivity index is 0.810. The van der Waals surface area contributed by atoms with E-state index in [0.29, 0.717) is 57.8 Å². The van der Waals surface area contributed by atoms with Gasteiger partial charge < -0.3 is 19.4 Å². The number of ether oxygens (including phenoxy) is 1. The van der Waals surface area contributed by atoms with Crippen LogP contribution in [0, 0.1) is 23.2 Å². The molecular formula is C43H46ClN7O6. The van der Waals surface area contributed by atoms with E-state index in [9.17, 15) is 29.2 Å². The van der Waals surface area contributed by atoms with Crippen LogP contribution in [0.25, 0.3) is 0 Å². The van der Waals surface area contributed by atoms with E-state index in [1.165, 1.54) is 0 Å². The monoisotopic (exact) mass is 791 g/mol. The Labute approximate surface area is 337 Å². The van der Waals surface area contributed by atoms with Gasteiger partial charge in [0.1, 0.15) is 17.9 Å². The SMILES string of the molecule is CC1CCC(Oc2ccc(C#N)c(Cl)c2)N(C(=O)c2ccc(N3CCN(CC4CCN(c5ccc6c(c5)C(=O)N(C5CCC(=O)NC5=O)C6=O)CC4)CC3)cc2)C1. The molecule has 5 amide bonds. The number of carbonyl (C=O) groups is 5. The Kier molecular flexibility index (Phi) is 10.9. The number of nitriles is 1. The van der Waals surface area contributed by atoms with Gasteiger partial charge in [-0.15, -0.1) is 0 Å². The van der Waals surface area contributed by atoms with Gasteiger partial charge in [-0.2, -0.15) is 5.26 Å². The second-order valence-corrected chi connectivity index (χ2v) is 16.3. The molecule has 1 N–H and O–H groups in total. The van der Waals surface area contributed by atoms with E-state index < -0.39 is 35.9 Å². The number of hydrogen-bond acceptors (Lipinski definition) is 10. The number of nitrogens with zero attached hydrogens (tertiary/aromatic N) is 6. The number of benzene rings is 3. The molecule has 3 aromatic rings. The van der Waals surface area contributed by atoms with Crippen LogP contribution >= 0.6 is 11.6 Å². The lowest BCUT2D eigenvalue weighted by Crippen LogP contribution is -2.54. The first-order valence-electron chi connectivity index (χ1n) is 19.9. The van der Waals surface area contributed by atoms with E-state index in [-0.39, 0.29) is 18.7 Å². The van der Waals surface area contributed by atoms with Crippen LogP contribution in [0.2, 0.25) is 5.02 Å². The quantitative estimate of drug-likeness (QED) is 0.312. The number of piperidine rings is 3. The van der Waals surface area contributed by atoms with Crippen LogP contribution in [-0.2, 0) is 9.59 Å². The first-order valence-corrected chi connectivity index (χ1v) is 20.3. The molecule has 5 heterocycles. The molecule has 13 nitrogen and oxygen atoms in total. The topological polar surface area (TPSA) is 147 Å². The molecule has 0 spiro atoms. The summed E-state index contributed by atoms with van der Waals surface area (Å²) in [6, 6.07) is 19.3. The molecule has 0 aromatic heterocycles. The zero-order valence-electron chi connectivity index (χ0n) is 32.0. The van der Waals surface area contributed by atoms with E-state index in [4.69, 9.17) is 16.3 Å². The third-order valence-electron chi connectivity index (χ3n) is 12.1. The first kappa shape index (κ1) is 38.4. The summed E-state index contributed by atoms with van der Waals surface area (Å²) in [5.41, 5.74) is 3.61. The third kappa shape index (κ3) is 7.93. The highest BCUT2D eigenvalue weighted by molar-refractivity contribution is 6.31. The number of amides is 5. The van der Waals surface area contributed by atoms with E-state index >= 15 is 0 Å². The maximum Gasteiger partial charge on any atom is 0.262 e. The van der Waals surface area contributed by atoms with Gasteiger partial charge in [0.05, 0.1) is 21.7 Å². The van der Waals surface area contributed by atoms with Crippen molar-refractivity contribution in [1.82, 2.24) is 20.0 Å². The standard InChI is InChI=1S/C43H46ClN7O6/c1-27-2-13-39(57-33-9-5-30(24-45)36(44)23-33)50(25-27)41(54)29-3-6-31(7-4-29)49-20-18-47(19-21-49)26-28-14-16-48(17-15-28)32-8-10-34-35(22-32)43(56)51(42(34)55)37-11-12-38(52)46-40(37)53/h3-10,22-23,27-28,37,39H,2,11-21,25-26H2,1H3,(H,46,52,53). The smallest absolute Gasteiger partial charge is 0.262 e. The number of anilines is 2. The number of likely N-dealkylation sites (tertiary alicyclic amines) is 1. The fourth-order valence-corrected chi connectivity index (χ4v) is 9.06. The minimum atomic E-state index is -0.972. The Morgan fingerprint density at radius 1 is 0.825 bits per heavy atom. The zero-order chi connectivity index (χ0) is 39.8. The van der Waals surface area contributed by atoms with Gasteiger partial charge in [0.25, 0.3) is 17.7 Å². The Hall–Kier alpha value is -5.45. The molecular weight excluding hydrogens is 746 g/mol. The summed E-state index contributed by atoms with van der Waals surface area (Å²) < 4.78 is 6.25. The summed E-state index contributed by atoms with van der Waals surface area (Å²) in [5.74, 6) is -0.591. The number of fused-ring (bicyclic) bond motifs is 1. The van der Waals surface area contributed by atoms with Crippen molar-refractivity contribution in [3.8, 4) is 11.8 Å². The largest absolute Gasteiger partial charge is 0.470 e. The summed E-state index contributed by atoms with van der Waals surface area (Å²) in [7, 11) is 0. The number of piperazine rings is 1. The molecule has 14 heteroatoms. The van der Waals surface area contributed by atoms with Crippen LogP contribution < -0.4 is 19.9 Å². The van der Waals surface area contributed by atoms with E-state index in [1.807, 2.05) is 35.2 Å². The second-order valence-electron chi connectivity index (χ2n) is 15.9. The fraction of sp³-hybridized carbons (Fsp3) is 0.442. The molecule has 57 heavy (non-hydrogen) atoms. The lowest BCUT2D eigenvalue weighted by molar-refractivity contribution is -0.136. The van der Waals surface area contributed by atoms with Gasteiger partial charge >= 0.3 is 0 Å². The lowest BCUT2D eigenvalue weighted by atomic mass is 9.95. The molecule has 296 valence electrons. The molecule has 0 saturated carbocycles. The van der Waals surface area contributed by atoms with Gasteiger partial charge in [-0.05, 0) is 92.1 Å². The molecule has 5 aliphatic heterocycles. The Bertz CT molecular complexity index is 2120. The van der Waals surface area contributed by atoms with Gasteiger partial charge in [-0.1, -0.05) is 18.5 Å². The molecule has 8 rings (SSSR count). The van der Waals surface area contributed by atoms with Crippen LogP contribution in [0.4, 0.5) is 11.4 Å². The fourth-order valence-electron chi connectivity index (χ4n) is 8.84. The average Bonchev–Trinajstić information content (AvgIpc) is 3.47. The predicted molar refractivity (Wildman–Crippen MR) is 213 cm³/mol. The second kappa shape index (κ2) is 16.2. The van der Waals surface area contributed by atoms with Crippen molar-refractivity contribution < 1.29 is 28.7 Å². The van der Waals surface area contributed by atoms with Gasteiger partial charge in [0, 0.05) is 88.2 Å². The van der Waals surface area contributed by atoms with Crippen LogP contribution in [-0.4, -0.2) is 109 Å². The molecule has 4 fully saturated rings.